The van der Waals surface area contributed by atoms with Crippen molar-refractivity contribution in [2.75, 3.05) is 32.7 Å². The van der Waals surface area contributed by atoms with Gasteiger partial charge in [0, 0.05) is 43.5 Å². The first kappa shape index (κ1) is 17.7. The summed E-state index contributed by atoms with van der Waals surface area (Å²) in [6.45, 7) is 4.18. The lowest BCUT2D eigenvalue weighted by molar-refractivity contribution is 0.0635. The molecule has 25 heavy (non-hydrogen) atoms. The molecule has 1 fully saturated rings. The van der Waals surface area contributed by atoms with E-state index in [1.165, 1.54) is 17.8 Å². The molecule has 132 valence electrons. The van der Waals surface area contributed by atoms with Crippen LogP contribution in [-0.4, -0.2) is 53.4 Å². The second-order valence-electron chi connectivity index (χ2n) is 6.27. The lowest BCUT2D eigenvalue weighted by Gasteiger charge is -2.34. The van der Waals surface area contributed by atoms with Gasteiger partial charge in [-0.2, -0.15) is 0 Å². The minimum atomic E-state index is -0.195. The standard InChI is InChI=1S/C19H22ClN3O2/c20-17-6-2-1-4-15(17)5-3-9-22-10-12-23(13-11-22)19(25)16-7-8-18(24)21-14-16/h1-2,4,6-8,14H,3,5,9-13H2,(H,21,24). The molecule has 1 aromatic heterocycles. The molecule has 0 unspecified atom stereocenters. The number of carbonyl (C=O) groups is 1. The van der Waals surface area contributed by atoms with Crippen LogP contribution in [0.4, 0.5) is 0 Å². The van der Waals surface area contributed by atoms with E-state index in [2.05, 4.69) is 16.0 Å². The van der Waals surface area contributed by atoms with Gasteiger partial charge in [-0.1, -0.05) is 29.8 Å². The van der Waals surface area contributed by atoms with Crippen molar-refractivity contribution in [3.8, 4) is 0 Å². The first-order chi connectivity index (χ1) is 12.1. The van der Waals surface area contributed by atoms with E-state index in [4.69, 9.17) is 11.6 Å². The van der Waals surface area contributed by atoms with Crippen molar-refractivity contribution in [1.29, 1.82) is 0 Å². The maximum atomic E-state index is 12.4. The van der Waals surface area contributed by atoms with Gasteiger partial charge in [0.15, 0.2) is 0 Å². The number of carbonyl (C=O) groups excluding carboxylic acids is 1. The number of piperazine rings is 1. The Labute approximate surface area is 152 Å². The van der Waals surface area contributed by atoms with Crippen LogP contribution in [-0.2, 0) is 6.42 Å². The molecule has 2 aromatic rings. The van der Waals surface area contributed by atoms with Gasteiger partial charge in [-0.3, -0.25) is 14.5 Å². The highest BCUT2D eigenvalue weighted by atomic mass is 35.5. The summed E-state index contributed by atoms with van der Waals surface area (Å²) in [5, 5.41) is 0.832. The van der Waals surface area contributed by atoms with Crippen molar-refractivity contribution in [3.05, 3.63) is 69.1 Å². The van der Waals surface area contributed by atoms with E-state index in [0.717, 1.165) is 37.5 Å². The molecule has 6 heteroatoms. The van der Waals surface area contributed by atoms with Crippen molar-refractivity contribution in [2.24, 2.45) is 0 Å². The highest BCUT2D eigenvalue weighted by molar-refractivity contribution is 6.31. The topological polar surface area (TPSA) is 56.4 Å². The monoisotopic (exact) mass is 359 g/mol. The number of benzene rings is 1. The zero-order chi connectivity index (χ0) is 17.6. The van der Waals surface area contributed by atoms with Crippen molar-refractivity contribution >= 4 is 17.5 Å². The predicted octanol–water partition coefficient (Wildman–Crippen LogP) is 2.42. The van der Waals surface area contributed by atoms with Gasteiger partial charge in [-0.15, -0.1) is 0 Å². The number of pyridine rings is 1. The van der Waals surface area contributed by atoms with Gasteiger partial charge in [0.25, 0.3) is 5.91 Å². The average Bonchev–Trinajstić information content (AvgIpc) is 2.64. The molecule has 1 aliphatic rings. The fraction of sp³-hybridized carbons (Fsp3) is 0.368. The molecular weight excluding hydrogens is 338 g/mol. The fourth-order valence-electron chi connectivity index (χ4n) is 3.09. The third kappa shape index (κ3) is 4.71. The van der Waals surface area contributed by atoms with Gasteiger partial charge in [-0.25, -0.2) is 0 Å². The second kappa shape index (κ2) is 8.32. The van der Waals surface area contributed by atoms with Crippen LogP contribution in [0.25, 0.3) is 0 Å². The lowest BCUT2D eigenvalue weighted by atomic mass is 10.1. The summed E-state index contributed by atoms with van der Waals surface area (Å²) in [7, 11) is 0. The highest BCUT2D eigenvalue weighted by Crippen LogP contribution is 2.17. The zero-order valence-corrected chi connectivity index (χ0v) is 14.8. The zero-order valence-electron chi connectivity index (χ0n) is 14.1. The fourth-order valence-corrected chi connectivity index (χ4v) is 3.33. The molecule has 5 nitrogen and oxygen atoms in total. The molecule has 1 amide bonds. The van der Waals surface area contributed by atoms with Crippen molar-refractivity contribution in [2.45, 2.75) is 12.8 Å². The number of amides is 1. The van der Waals surface area contributed by atoms with E-state index in [9.17, 15) is 9.59 Å². The largest absolute Gasteiger partial charge is 0.336 e. The molecule has 3 rings (SSSR count). The van der Waals surface area contributed by atoms with Crippen LogP contribution in [0.3, 0.4) is 0 Å². The Bertz CT molecular complexity index is 762. The molecule has 1 aliphatic heterocycles. The van der Waals surface area contributed by atoms with Crippen LogP contribution in [0.15, 0.2) is 47.4 Å². The number of halogens is 1. The smallest absolute Gasteiger partial charge is 0.255 e. The summed E-state index contributed by atoms with van der Waals surface area (Å²) in [5.41, 5.74) is 1.53. The summed E-state index contributed by atoms with van der Waals surface area (Å²) in [4.78, 5) is 30.3. The molecule has 0 radical (unpaired) electrons. The van der Waals surface area contributed by atoms with Gasteiger partial charge >= 0.3 is 0 Å². The minimum Gasteiger partial charge on any atom is -0.336 e. The number of H-pyrrole nitrogens is 1. The summed E-state index contributed by atoms with van der Waals surface area (Å²) < 4.78 is 0. The lowest BCUT2D eigenvalue weighted by Crippen LogP contribution is -2.48. The summed E-state index contributed by atoms with van der Waals surface area (Å²) in [6, 6.07) is 10.9. The Balaban J connectivity index is 1.44. The highest BCUT2D eigenvalue weighted by Gasteiger charge is 2.21. The minimum absolute atomic E-state index is 0.0213. The van der Waals surface area contributed by atoms with E-state index in [1.807, 2.05) is 23.1 Å². The van der Waals surface area contributed by atoms with Crippen molar-refractivity contribution in [3.63, 3.8) is 0 Å². The first-order valence-corrected chi connectivity index (χ1v) is 8.95. The van der Waals surface area contributed by atoms with E-state index in [0.29, 0.717) is 18.7 Å². The molecule has 0 bridgehead atoms. The van der Waals surface area contributed by atoms with Crippen LogP contribution in [0.2, 0.25) is 5.02 Å². The van der Waals surface area contributed by atoms with Gasteiger partial charge < -0.3 is 9.88 Å². The SMILES string of the molecule is O=C(c1ccc(=O)[nH]c1)N1CCN(CCCc2ccccc2Cl)CC1. The number of aromatic amines is 1. The summed E-state index contributed by atoms with van der Waals surface area (Å²) in [5.74, 6) is -0.0213. The molecule has 0 spiro atoms. The molecule has 1 N–H and O–H groups in total. The molecule has 1 saturated heterocycles. The molecular formula is C19H22ClN3O2. The number of rotatable bonds is 5. The quantitative estimate of drug-likeness (QED) is 0.892. The van der Waals surface area contributed by atoms with Gasteiger partial charge in [-0.05, 0) is 37.1 Å². The van der Waals surface area contributed by atoms with Crippen LogP contribution in [0, 0.1) is 0 Å². The van der Waals surface area contributed by atoms with Crippen LogP contribution < -0.4 is 5.56 Å². The average molecular weight is 360 g/mol. The van der Waals surface area contributed by atoms with Gasteiger partial charge in [0.2, 0.25) is 5.56 Å². The summed E-state index contributed by atoms with van der Waals surface area (Å²) >= 11 is 6.19. The molecule has 1 aromatic carbocycles. The second-order valence-corrected chi connectivity index (χ2v) is 6.68. The summed E-state index contributed by atoms with van der Waals surface area (Å²) in [6.07, 6.45) is 3.51. The van der Waals surface area contributed by atoms with Crippen LogP contribution in [0.5, 0.6) is 0 Å². The number of aryl methyl sites for hydroxylation is 1. The number of nitrogens with one attached hydrogen (secondary N) is 1. The molecule has 0 atom stereocenters. The maximum Gasteiger partial charge on any atom is 0.255 e. The number of hydrogen-bond donors (Lipinski definition) is 1. The van der Waals surface area contributed by atoms with E-state index < -0.39 is 0 Å². The third-order valence-electron chi connectivity index (χ3n) is 4.57. The van der Waals surface area contributed by atoms with Crippen LogP contribution >= 0.6 is 11.6 Å². The Morgan fingerprint density at radius 1 is 1.08 bits per heavy atom. The van der Waals surface area contributed by atoms with Gasteiger partial charge in [0.05, 0.1) is 5.56 Å². The number of hydrogen-bond acceptors (Lipinski definition) is 3. The third-order valence-corrected chi connectivity index (χ3v) is 4.94. The maximum absolute atomic E-state index is 12.4. The molecule has 2 heterocycles. The predicted molar refractivity (Wildman–Crippen MR) is 99.2 cm³/mol. The van der Waals surface area contributed by atoms with E-state index in [1.54, 1.807) is 6.07 Å². The molecule has 0 saturated carbocycles. The van der Waals surface area contributed by atoms with E-state index >= 15 is 0 Å². The van der Waals surface area contributed by atoms with Crippen molar-refractivity contribution < 1.29 is 4.79 Å². The Morgan fingerprint density at radius 2 is 1.84 bits per heavy atom. The number of aromatic nitrogens is 1. The molecule has 0 aliphatic carbocycles. The Hall–Kier alpha value is -2.11. The Morgan fingerprint density at radius 3 is 2.52 bits per heavy atom. The number of nitrogens with zero attached hydrogens (tertiary/aromatic N) is 2. The Kier molecular flexibility index (Phi) is 5.89. The normalized spacial score (nSPS) is 15.3. The van der Waals surface area contributed by atoms with Crippen molar-refractivity contribution in [1.82, 2.24) is 14.8 Å². The van der Waals surface area contributed by atoms with Crippen LogP contribution in [0.1, 0.15) is 22.3 Å². The van der Waals surface area contributed by atoms with E-state index in [-0.39, 0.29) is 11.5 Å². The van der Waals surface area contributed by atoms with Gasteiger partial charge in [0.1, 0.15) is 0 Å². The first-order valence-electron chi connectivity index (χ1n) is 8.57.